The Kier molecular flexibility index (Phi) is 2.80. The van der Waals surface area contributed by atoms with Crippen LogP contribution in [-0.4, -0.2) is 10.2 Å². The Balaban J connectivity index is 2.65. The molecule has 2 heteroatoms. The third kappa shape index (κ3) is 1.98. The maximum Gasteiger partial charge on any atom is 0.121 e. The molecule has 0 saturated carbocycles. The van der Waals surface area contributed by atoms with Crippen LogP contribution >= 0.6 is 0 Å². The molecule has 0 unspecified atom stereocenters. The highest BCUT2D eigenvalue weighted by Gasteiger charge is 2.08. The summed E-state index contributed by atoms with van der Waals surface area (Å²) in [7, 11) is 0. The zero-order valence-electron chi connectivity index (χ0n) is 10.3. The molecule has 0 aliphatic carbocycles. The van der Waals surface area contributed by atoms with E-state index in [1.54, 1.807) is 6.07 Å². The predicted molar refractivity (Wildman–Crippen MR) is 69.4 cm³/mol. The molecule has 0 fully saturated rings. The van der Waals surface area contributed by atoms with Crippen LogP contribution < -0.4 is 0 Å². The number of hydrogen-bond donors (Lipinski definition) is 2. The second-order valence-corrected chi connectivity index (χ2v) is 4.41. The van der Waals surface area contributed by atoms with E-state index in [4.69, 9.17) is 0 Å². The van der Waals surface area contributed by atoms with Crippen molar-refractivity contribution >= 4 is 0 Å². The Hall–Kier alpha value is -1.96. The molecule has 2 nitrogen and oxygen atoms in total. The molecule has 0 aliphatic rings. The maximum atomic E-state index is 9.75. The van der Waals surface area contributed by atoms with Gasteiger partial charge in [-0.25, -0.2) is 0 Å². The minimum Gasteiger partial charge on any atom is -0.508 e. The molecule has 2 N–H and O–H groups in total. The molecule has 17 heavy (non-hydrogen) atoms. The Bertz CT molecular complexity index is 548. The molecule has 0 saturated heterocycles. The van der Waals surface area contributed by atoms with Gasteiger partial charge in [-0.1, -0.05) is 12.1 Å². The van der Waals surface area contributed by atoms with Gasteiger partial charge in [0.25, 0.3) is 0 Å². The van der Waals surface area contributed by atoms with Gasteiger partial charge in [-0.05, 0) is 66.8 Å². The summed E-state index contributed by atoms with van der Waals surface area (Å²) in [4.78, 5) is 0. The summed E-state index contributed by atoms with van der Waals surface area (Å²) in [5.41, 5.74) is 4.57. The van der Waals surface area contributed by atoms with Crippen LogP contribution in [0.3, 0.4) is 0 Å². The van der Waals surface area contributed by atoms with Crippen molar-refractivity contribution < 1.29 is 10.2 Å². The van der Waals surface area contributed by atoms with E-state index in [0.29, 0.717) is 11.5 Å². The predicted octanol–water partition coefficient (Wildman–Crippen LogP) is 3.69. The number of aryl methyl sites for hydroxylation is 2. The molecular formula is C15H16O2. The molecule has 0 amide bonds. The Morgan fingerprint density at radius 1 is 0.882 bits per heavy atom. The average molecular weight is 228 g/mol. The van der Waals surface area contributed by atoms with E-state index < -0.39 is 0 Å². The van der Waals surface area contributed by atoms with Crippen molar-refractivity contribution in [1.29, 1.82) is 0 Å². The SMILES string of the molecule is Cc1cc(-c2cccc(O)c2C)cc(C)c1O. The number of rotatable bonds is 1. The van der Waals surface area contributed by atoms with Crippen molar-refractivity contribution in [2.24, 2.45) is 0 Å². The normalized spacial score (nSPS) is 10.5. The van der Waals surface area contributed by atoms with E-state index >= 15 is 0 Å². The van der Waals surface area contributed by atoms with Crippen LogP contribution in [0.1, 0.15) is 16.7 Å². The summed E-state index contributed by atoms with van der Waals surface area (Å²) >= 11 is 0. The Labute approximate surface area is 101 Å². The van der Waals surface area contributed by atoms with Crippen LogP contribution in [0.15, 0.2) is 30.3 Å². The fraction of sp³-hybridized carbons (Fsp3) is 0.200. The van der Waals surface area contributed by atoms with Crippen LogP contribution in [0, 0.1) is 20.8 Å². The molecule has 0 atom stereocenters. The van der Waals surface area contributed by atoms with Crippen LogP contribution in [0.5, 0.6) is 11.5 Å². The van der Waals surface area contributed by atoms with Crippen molar-refractivity contribution in [3.8, 4) is 22.6 Å². The van der Waals surface area contributed by atoms with Gasteiger partial charge in [-0.15, -0.1) is 0 Å². The lowest BCUT2D eigenvalue weighted by molar-refractivity contribution is 0.467. The van der Waals surface area contributed by atoms with Crippen molar-refractivity contribution in [3.63, 3.8) is 0 Å². The standard InChI is InChI=1S/C15H16O2/c1-9-7-12(8-10(2)15(9)17)13-5-4-6-14(16)11(13)3/h4-8,16-17H,1-3H3. The smallest absolute Gasteiger partial charge is 0.121 e. The summed E-state index contributed by atoms with van der Waals surface area (Å²) in [6, 6.07) is 9.35. The lowest BCUT2D eigenvalue weighted by Crippen LogP contribution is -1.87. The second-order valence-electron chi connectivity index (χ2n) is 4.41. The fourth-order valence-electron chi connectivity index (χ4n) is 2.05. The van der Waals surface area contributed by atoms with Crippen molar-refractivity contribution in [1.82, 2.24) is 0 Å². The van der Waals surface area contributed by atoms with Gasteiger partial charge in [0.2, 0.25) is 0 Å². The van der Waals surface area contributed by atoms with Gasteiger partial charge in [0.05, 0.1) is 0 Å². The second kappa shape index (κ2) is 4.13. The minimum atomic E-state index is 0.297. The van der Waals surface area contributed by atoms with E-state index in [0.717, 1.165) is 27.8 Å². The quantitative estimate of drug-likeness (QED) is 0.781. The molecule has 0 aliphatic heterocycles. The van der Waals surface area contributed by atoms with E-state index in [9.17, 15) is 10.2 Å². The summed E-state index contributed by atoms with van der Waals surface area (Å²) in [5.74, 6) is 0.637. The highest BCUT2D eigenvalue weighted by molar-refractivity contribution is 5.72. The van der Waals surface area contributed by atoms with Gasteiger partial charge in [0.15, 0.2) is 0 Å². The van der Waals surface area contributed by atoms with Gasteiger partial charge in [-0.2, -0.15) is 0 Å². The lowest BCUT2D eigenvalue weighted by Gasteiger charge is -2.11. The van der Waals surface area contributed by atoms with Crippen LogP contribution in [0.4, 0.5) is 0 Å². The van der Waals surface area contributed by atoms with Gasteiger partial charge in [0.1, 0.15) is 11.5 Å². The molecule has 2 aromatic carbocycles. The molecule has 0 heterocycles. The molecule has 0 radical (unpaired) electrons. The van der Waals surface area contributed by atoms with Crippen LogP contribution in [0.2, 0.25) is 0 Å². The van der Waals surface area contributed by atoms with E-state index in [2.05, 4.69) is 0 Å². The molecule has 2 aromatic rings. The lowest BCUT2D eigenvalue weighted by atomic mass is 9.96. The van der Waals surface area contributed by atoms with Gasteiger partial charge >= 0.3 is 0 Å². The molecule has 0 bridgehead atoms. The van der Waals surface area contributed by atoms with Gasteiger partial charge < -0.3 is 10.2 Å². The van der Waals surface area contributed by atoms with Gasteiger partial charge in [-0.3, -0.25) is 0 Å². The Morgan fingerprint density at radius 2 is 1.47 bits per heavy atom. The fourth-order valence-corrected chi connectivity index (χ4v) is 2.05. The number of aromatic hydroxyl groups is 2. The number of phenols is 2. The summed E-state index contributed by atoms with van der Waals surface area (Å²) in [6.07, 6.45) is 0. The van der Waals surface area contributed by atoms with E-state index in [1.807, 2.05) is 45.0 Å². The first-order valence-electron chi connectivity index (χ1n) is 5.60. The van der Waals surface area contributed by atoms with Crippen molar-refractivity contribution in [2.45, 2.75) is 20.8 Å². The number of phenolic OH excluding ortho intramolecular Hbond substituents is 2. The minimum absolute atomic E-state index is 0.297. The average Bonchev–Trinajstić information content (AvgIpc) is 2.29. The monoisotopic (exact) mass is 228 g/mol. The van der Waals surface area contributed by atoms with Crippen molar-refractivity contribution in [3.05, 3.63) is 47.0 Å². The summed E-state index contributed by atoms with van der Waals surface area (Å²) < 4.78 is 0. The third-order valence-electron chi connectivity index (χ3n) is 3.11. The first-order valence-corrected chi connectivity index (χ1v) is 5.60. The number of hydrogen-bond acceptors (Lipinski definition) is 2. The topological polar surface area (TPSA) is 40.5 Å². The third-order valence-corrected chi connectivity index (χ3v) is 3.11. The number of benzene rings is 2. The van der Waals surface area contributed by atoms with E-state index in [-0.39, 0.29) is 0 Å². The molecule has 0 aromatic heterocycles. The summed E-state index contributed by atoms with van der Waals surface area (Å²) in [6.45, 7) is 5.65. The molecule has 2 rings (SSSR count). The highest BCUT2D eigenvalue weighted by atomic mass is 16.3. The van der Waals surface area contributed by atoms with Crippen molar-refractivity contribution in [2.75, 3.05) is 0 Å². The first kappa shape index (κ1) is 11.5. The van der Waals surface area contributed by atoms with Crippen LogP contribution in [-0.2, 0) is 0 Å². The zero-order valence-corrected chi connectivity index (χ0v) is 10.3. The Morgan fingerprint density at radius 3 is 2.06 bits per heavy atom. The molecule has 0 spiro atoms. The maximum absolute atomic E-state index is 9.75. The van der Waals surface area contributed by atoms with Gasteiger partial charge in [0, 0.05) is 0 Å². The van der Waals surface area contributed by atoms with Crippen LogP contribution in [0.25, 0.3) is 11.1 Å². The molecule has 88 valence electrons. The summed E-state index contributed by atoms with van der Waals surface area (Å²) in [5, 5.41) is 19.5. The molecular weight excluding hydrogens is 212 g/mol. The highest BCUT2D eigenvalue weighted by Crippen LogP contribution is 2.33. The van der Waals surface area contributed by atoms with E-state index in [1.165, 1.54) is 0 Å². The first-order chi connectivity index (χ1) is 8.00. The largest absolute Gasteiger partial charge is 0.508 e. The zero-order chi connectivity index (χ0) is 12.6.